The highest BCUT2D eigenvalue weighted by Crippen LogP contribution is 2.29. The highest BCUT2D eigenvalue weighted by molar-refractivity contribution is 7.92. The lowest BCUT2D eigenvalue weighted by Gasteiger charge is -2.23. The van der Waals surface area contributed by atoms with E-state index >= 15 is 0 Å². The van der Waals surface area contributed by atoms with Crippen LogP contribution in [0.5, 0.6) is 11.5 Å². The topological polar surface area (TPSA) is 84.9 Å². The minimum Gasteiger partial charge on any atom is -0.497 e. The number of methoxy groups -OCH3 is 2. The van der Waals surface area contributed by atoms with Crippen LogP contribution in [0.1, 0.15) is 42.5 Å². The van der Waals surface area contributed by atoms with Gasteiger partial charge in [-0.3, -0.25) is 9.10 Å². The molecule has 2 rings (SSSR count). The Balaban J connectivity index is 2.03. The van der Waals surface area contributed by atoms with E-state index in [-0.39, 0.29) is 24.9 Å². The summed E-state index contributed by atoms with van der Waals surface area (Å²) in [7, 11) is -0.304. The molecule has 2 aromatic rings. The summed E-state index contributed by atoms with van der Waals surface area (Å²) in [4.78, 5) is 12.5. The van der Waals surface area contributed by atoms with Crippen LogP contribution in [0.4, 0.5) is 5.69 Å². The third kappa shape index (κ3) is 6.89. The zero-order chi connectivity index (χ0) is 23.2. The number of hydrogen-bond acceptors (Lipinski definition) is 5. The molecule has 0 fully saturated rings. The van der Waals surface area contributed by atoms with E-state index in [2.05, 4.69) is 5.32 Å². The number of carbonyl (C=O) groups is 1. The van der Waals surface area contributed by atoms with Crippen molar-refractivity contribution in [1.82, 2.24) is 5.32 Å². The zero-order valence-electron chi connectivity index (χ0n) is 19.1. The van der Waals surface area contributed by atoms with Gasteiger partial charge in [0.1, 0.15) is 11.5 Å². The molecule has 0 aliphatic rings. The number of sulfonamides is 1. The normalized spacial score (nSPS) is 12.2. The van der Waals surface area contributed by atoms with Crippen LogP contribution < -0.4 is 19.1 Å². The third-order valence-electron chi connectivity index (χ3n) is 4.94. The average molecular weight is 449 g/mol. The van der Waals surface area contributed by atoms with Gasteiger partial charge in [0, 0.05) is 18.5 Å². The molecule has 1 N–H and O–H groups in total. The van der Waals surface area contributed by atoms with Crippen LogP contribution in [-0.2, 0) is 14.8 Å². The Morgan fingerprint density at radius 2 is 1.71 bits per heavy atom. The maximum absolute atomic E-state index is 12.5. The lowest BCUT2D eigenvalue weighted by atomic mass is 10.1. The van der Waals surface area contributed by atoms with Gasteiger partial charge in [0.25, 0.3) is 0 Å². The quantitative estimate of drug-likeness (QED) is 0.598. The summed E-state index contributed by atoms with van der Waals surface area (Å²) in [6, 6.07) is 10.8. The molecule has 0 unspecified atom stereocenters. The Labute approximate surface area is 185 Å². The summed E-state index contributed by atoms with van der Waals surface area (Å²) in [5.41, 5.74) is 3.41. The van der Waals surface area contributed by atoms with Crippen LogP contribution in [0.15, 0.2) is 36.4 Å². The molecule has 2 aromatic carbocycles. The molecule has 0 saturated carbocycles. The predicted octanol–water partition coefficient (Wildman–Crippen LogP) is 3.74. The lowest BCUT2D eigenvalue weighted by Crippen LogP contribution is -2.32. The summed E-state index contributed by atoms with van der Waals surface area (Å²) in [5, 5.41) is 2.95. The van der Waals surface area contributed by atoms with Crippen molar-refractivity contribution in [1.29, 1.82) is 0 Å². The molecule has 170 valence electrons. The Morgan fingerprint density at radius 3 is 2.26 bits per heavy atom. The maximum Gasteiger partial charge on any atom is 0.232 e. The van der Waals surface area contributed by atoms with Crippen molar-refractivity contribution in [3.63, 3.8) is 0 Å². The van der Waals surface area contributed by atoms with Crippen LogP contribution in [-0.4, -0.2) is 41.3 Å². The largest absolute Gasteiger partial charge is 0.497 e. The van der Waals surface area contributed by atoms with Gasteiger partial charge in [0.15, 0.2) is 0 Å². The molecule has 8 heteroatoms. The van der Waals surface area contributed by atoms with E-state index in [1.807, 2.05) is 45.0 Å². The van der Waals surface area contributed by atoms with Crippen molar-refractivity contribution >= 4 is 21.6 Å². The monoisotopic (exact) mass is 448 g/mol. The Morgan fingerprint density at radius 1 is 1.06 bits per heavy atom. The Bertz CT molecular complexity index is 1000. The number of nitrogens with one attached hydrogen (secondary N) is 1. The van der Waals surface area contributed by atoms with E-state index in [0.29, 0.717) is 23.6 Å². The van der Waals surface area contributed by atoms with Gasteiger partial charge in [0.05, 0.1) is 32.2 Å². The fourth-order valence-electron chi connectivity index (χ4n) is 3.53. The third-order valence-corrected chi connectivity index (χ3v) is 6.13. The molecule has 0 bridgehead atoms. The van der Waals surface area contributed by atoms with Crippen molar-refractivity contribution in [2.75, 3.05) is 31.3 Å². The molecule has 0 aliphatic heterocycles. The lowest BCUT2D eigenvalue weighted by molar-refractivity contribution is -0.121. The van der Waals surface area contributed by atoms with Crippen molar-refractivity contribution in [3.05, 3.63) is 53.1 Å². The van der Waals surface area contributed by atoms with E-state index in [1.165, 1.54) is 10.6 Å². The van der Waals surface area contributed by atoms with Crippen LogP contribution in [0, 0.1) is 13.8 Å². The summed E-state index contributed by atoms with van der Waals surface area (Å²) < 4.78 is 36.6. The van der Waals surface area contributed by atoms with Gasteiger partial charge in [-0.25, -0.2) is 8.42 Å². The second-order valence-electron chi connectivity index (χ2n) is 7.68. The summed E-state index contributed by atoms with van der Waals surface area (Å²) in [6.07, 6.45) is 1.78. The van der Waals surface area contributed by atoms with Crippen molar-refractivity contribution < 1.29 is 22.7 Å². The van der Waals surface area contributed by atoms with Crippen LogP contribution in [0.3, 0.4) is 0 Å². The molecular formula is C23H32N2O5S. The van der Waals surface area contributed by atoms with Crippen molar-refractivity contribution in [2.24, 2.45) is 0 Å². The Hall–Kier alpha value is -2.74. The number of benzene rings is 2. The molecule has 0 radical (unpaired) electrons. The molecule has 1 atom stereocenters. The van der Waals surface area contributed by atoms with E-state index in [0.717, 1.165) is 16.7 Å². The first-order valence-corrected chi connectivity index (χ1v) is 12.0. The minimum absolute atomic E-state index is 0.161. The highest BCUT2D eigenvalue weighted by Gasteiger charge is 2.19. The molecule has 31 heavy (non-hydrogen) atoms. The average Bonchev–Trinajstić information content (AvgIpc) is 2.68. The van der Waals surface area contributed by atoms with E-state index in [4.69, 9.17) is 9.47 Å². The predicted molar refractivity (Wildman–Crippen MR) is 123 cm³/mol. The number of aryl methyl sites for hydroxylation is 2. The first-order valence-electron chi connectivity index (χ1n) is 10.1. The van der Waals surface area contributed by atoms with Gasteiger partial charge in [-0.05, 0) is 68.7 Å². The molecule has 0 saturated heterocycles. The van der Waals surface area contributed by atoms with Gasteiger partial charge in [0.2, 0.25) is 15.9 Å². The second-order valence-corrected chi connectivity index (χ2v) is 9.59. The van der Waals surface area contributed by atoms with Crippen LogP contribution in [0.2, 0.25) is 0 Å². The van der Waals surface area contributed by atoms with Gasteiger partial charge in [-0.2, -0.15) is 0 Å². The number of ether oxygens (including phenoxy) is 2. The molecular weight excluding hydrogens is 416 g/mol. The standard InChI is InChI=1S/C23H32N2O5S/c1-16-12-17(2)14-19(13-16)25(31(6,27)28)11-7-8-23(26)24-18(3)21-15-20(29-4)9-10-22(21)30-5/h9-10,12-15,18H,7-8,11H2,1-6H3,(H,24,26)/t18-/m0/s1. The van der Waals surface area contributed by atoms with E-state index < -0.39 is 10.0 Å². The van der Waals surface area contributed by atoms with Crippen LogP contribution >= 0.6 is 0 Å². The van der Waals surface area contributed by atoms with E-state index in [9.17, 15) is 13.2 Å². The molecule has 0 heterocycles. The van der Waals surface area contributed by atoms with Crippen molar-refractivity contribution in [2.45, 2.75) is 39.7 Å². The van der Waals surface area contributed by atoms with Gasteiger partial charge in [-0.15, -0.1) is 0 Å². The number of nitrogens with zero attached hydrogens (tertiary/aromatic N) is 1. The second kappa shape index (κ2) is 10.5. The minimum atomic E-state index is -3.46. The first kappa shape index (κ1) is 24.5. The molecule has 0 aromatic heterocycles. The van der Waals surface area contributed by atoms with Crippen LogP contribution in [0.25, 0.3) is 0 Å². The van der Waals surface area contributed by atoms with Gasteiger partial charge < -0.3 is 14.8 Å². The fraction of sp³-hybridized carbons (Fsp3) is 0.435. The van der Waals surface area contributed by atoms with Crippen molar-refractivity contribution in [3.8, 4) is 11.5 Å². The number of amides is 1. The smallest absolute Gasteiger partial charge is 0.232 e. The zero-order valence-corrected chi connectivity index (χ0v) is 19.9. The molecule has 0 aliphatic carbocycles. The number of rotatable bonds is 10. The summed E-state index contributed by atoms with van der Waals surface area (Å²) in [5.74, 6) is 1.17. The first-order chi connectivity index (χ1) is 14.5. The molecule has 0 spiro atoms. The number of hydrogen-bond donors (Lipinski definition) is 1. The summed E-state index contributed by atoms with van der Waals surface area (Å²) in [6.45, 7) is 5.96. The Kier molecular flexibility index (Phi) is 8.33. The van der Waals surface area contributed by atoms with Gasteiger partial charge in [-0.1, -0.05) is 6.07 Å². The van der Waals surface area contributed by atoms with Gasteiger partial charge >= 0.3 is 0 Å². The maximum atomic E-state index is 12.5. The highest BCUT2D eigenvalue weighted by atomic mass is 32.2. The number of anilines is 1. The fourth-order valence-corrected chi connectivity index (χ4v) is 4.48. The SMILES string of the molecule is COc1ccc(OC)c([C@H](C)NC(=O)CCCN(c2cc(C)cc(C)c2)S(C)(=O)=O)c1. The van der Waals surface area contributed by atoms with E-state index in [1.54, 1.807) is 26.4 Å². The molecule has 7 nitrogen and oxygen atoms in total. The summed E-state index contributed by atoms with van der Waals surface area (Å²) >= 11 is 0. The number of carbonyl (C=O) groups excluding carboxylic acids is 1. The molecule has 1 amide bonds.